The molecule has 1 N–H and O–H groups in total. The highest BCUT2D eigenvalue weighted by Crippen LogP contribution is 2.27. The van der Waals surface area contributed by atoms with Crippen molar-refractivity contribution in [3.05, 3.63) is 47.9 Å². The van der Waals surface area contributed by atoms with Crippen molar-refractivity contribution in [1.29, 1.82) is 0 Å². The SMILES string of the molecule is CCC(CC)C(=O)N(Cc1cc(NC(=O)c2ccco2)ccc1N(C)C)CC1CCCO1. The zero-order valence-electron chi connectivity index (χ0n) is 19.6. The number of ether oxygens (including phenoxy) is 1. The lowest BCUT2D eigenvalue weighted by Gasteiger charge is -2.30. The van der Waals surface area contributed by atoms with Crippen LogP contribution in [0.3, 0.4) is 0 Å². The molecule has 2 heterocycles. The molecule has 1 unspecified atom stereocenters. The van der Waals surface area contributed by atoms with Crippen LogP contribution in [-0.4, -0.2) is 50.1 Å². The fourth-order valence-electron chi connectivity index (χ4n) is 4.19. The van der Waals surface area contributed by atoms with Crippen molar-refractivity contribution in [3.63, 3.8) is 0 Å². The molecule has 2 amide bonds. The highest BCUT2D eigenvalue weighted by atomic mass is 16.5. The molecular formula is C25H35N3O4. The monoisotopic (exact) mass is 441 g/mol. The molecule has 1 aliphatic rings. The standard InChI is InChI=1S/C25H35N3O4/c1-5-18(6-2)25(30)28(17-21-9-7-13-31-21)16-19-15-20(11-12-22(19)27(3)4)26-24(29)23-10-8-14-32-23/h8,10-12,14-15,18,21H,5-7,9,13,16-17H2,1-4H3,(H,26,29). The maximum atomic E-state index is 13.4. The summed E-state index contributed by atoms with van der Waals surface area (Å²) in [5.41, 5.74) is 2.65. The van der Waals surface area contributed by atoms with E-state index in [-0.39, 0.29) is 29.6 Å². The van der Waals surface area contributed by atoms with Crippen molar-refractivity contribution in [2.75, 3.05) is 37.5 Å². The zero-order chi connectivity index (χ0) is 23.1. The Balaban J connectivity index is 1.86. The van der Waals surface area contributed by atoms with Crippen molar-refractivity contribution in [1.82, 2.24) is 4.90 Å². The van der Waals surface area contributed by atoms with Crippen LogP contribution in [0.2, 0.25) is 0 Å². The Hall–Kier alpha value is -2.80. The van der Waals surface area contributed by atoms with Crippen LogP contribution in [0.25, 0.3) is 0 Å². The molecule has 7 nitrogen and oxygen atoms in total. The lowest BCUT2D eigenvalue weighted by molar-refractivity contribution is -0.138. The smallest absolute Gasteiger partial charge is 0.291 e. The normalized spacial score (nSPS) is 15.7. The molecule has 174 valence electrons. The molecular weight excluding hydrogens is 406 g/mol. The predicted molar refractivity (Wildman–Crippen MR) is 126 cm³/mol. The fourth-order valence-corrected chi connectivity index (χ4v) is 4.19. The Bertz CT molecular complexity index is 885. The summed E-state index contributed by atoms with van der Waals surface area (Å²) in [5, 5.41) is 2.89. The molecule has 7 heteroatoms. The molecule has 1 aromatic carbocycles. The van der Waals surface area contributed by atoms with Crippen LogP contribution in [-0.2, 0) is 16.1 Å². The van der Waals surface area contributed by atoms with Crippen LogP contribution >= 0.6 is 0 Å². The van der Waals surface area contributed by atoms with E-state index in [0.29, 0.717) is 18.8 Å². The number of carbonyl (C=O) groups is 2. The first-order valence-corrected chi connectivity index (χ1v) is 11.5. The highest BCUT2D eigenvalue weighted by Gasteiger charge is 2.27. The van der Waals surface area contributed by atoms with Gasteiger partial charge in [0.2, 0.25) is 5.91 Å². The van der Waals surface area contributed by atoms with E-state index < -0.39 is 0 Å². The number of carbonyl (C=O) groups excluding carboxylic acids is 2. The van der Waals surface area contributed by atoms with Crippen LogP contribution < -0.4 is 10.2 Å². The van der Waals surface area contributed by atoms with Gasteiger partial charge in [0.1, 0.15) is 0 Å². The number of hydrogen-bond donors (Lipinski definition) is 1. The number of rotatable bonds is 10. The summed E-state index contributed by atoms with van der Waals surface area (Å²) in [7, 11) is 3.96. The largest absolute Gasteiger partial charge is 0.459 e. The van der Waals surface area contributed by atoms with Gasteiger partial charge in [-0.15, -0.1) is 0 Å². The van der Waals surface area contributed by atoms with Crippen LogP contribution in [0.15, 0.2) is 41.0 Å². The van der Waals surface area contributed by atoms with Gasteiger partial charge in [-0.1, -0.05) is 13.8 Å². The Labute approximate surface area is 190 Å². The molecule has 1 atom stereocenters. The van der Waals surface area contributed by atoms with Gasteiger partial charge in [0.15, 0.2) is 5.76 Å². The summed E-state index contributed by atoms with van der Waals surface area (Å²) in [6.07, 6.45) is 5.20. The number of nitrogens with zero attached hydrogens (tertiary/aromatic N) is 2. The summed E-state index contributed by atoms with van der Waals surface area (Å²) in [6, 6.07) is 9.09. The summed E-state index contributed by atoms with van der Waals surface area (Å²) in [4.78, 5) is 29.8. The molecule has 3 rings (SSSR count). The Morgan fingerprint density at radius 2 is 1.97 bits per heavy atom. The molecule has 0 radical (unpaired) electrons. The van der Waals surface area contributed by atoms with E-state index in [1.165, 1.54) is 6.26 Å². The van der Waals surface area contributed by atoms with Crippen LogP contribution in [0.4, 0.5) is 11.4 Å². The van der Waals surface area contributed by atoms with Gasteiger partial charge in [0.05, 0.1) is 12.4 Å². The van der Waals surface area contributed by atoms with E-state index in [0.717, 1.165) is 43.5 Å². The minimum atomic E-state index is -0.303. The Morgan fingerprint density at radius 3 is 2.56 bits per heavy atom. The molecule has 2 aromatic rings. The van der Waals surface area contributed by atoms with E-state index in [4.69, 9.17) is 9.15 Å². The number of benzene rings is 1. The molecule has 0 saturated carbocycles. The second kappa shape index (κ2) is 11.2. The third kappa shape index (κ3) is 5.91. The quantitative estimate of drug-likeness (QED) is 0.586. The maximum Gasteiger partial charge on any atom is 0.291 e. The van der Waals surface area contributed by atoms with Gasteiger partial charge in [0, 0.05) is 51.1 Å². The summed E-state index contributed by atoms with van der Waals surface area (Å²) in [5.74, 6) is 0.122. The van der Waals surface area contributed by atoms with Crippen molar-refractivity contribution in [3.8, 4) is 0 Å². The average molecular weight is 442 g/mol. The average Bonchev–Trinajstić information content (AvgIpc) is 3.48. The van der Waals surface area contributed by atoms with Crippen molar-refractivity contribution >= 4 is 23.2 Å². The summed E-state index contributed by atoms with van der Waals surface area (Å²) < 4.78 is 11.0. The number of amides is 2. The molecule has 1 aromatic heterocycles. The second-order valence-corrected chi connectivity index (χ2v) is 8.54. The maximum absolute atomic E-state index is 13.4. The summed E-state index contributed by atoms with van der Waals surface area (Å²) >= 11 is 0. The van der Waals surface area contributed by atoms with E-state index in [1.54, 1.807) is 12.1 Å². The first-order valence-electron chi connectivity index (χ1n) is 11.5. The van der Waals surface area contributed by atoms with Gasteiger partial charge in [-0.25, -0.2) is 0 Å². The van der Waals surface area contributed by atoms with E-state index in [1.807, 2.05) is 42.1 Å². The number of anilines is 2. The van der Waals surface area contributed by atoms with Crippen LogP contribution in [0.1, 0.15) is 55.6 Å². The van der Waals surface area contributed by atoms with Crippen LogP contribution in [0.5, 0.6) is 0 Å². The Kier molecular flexibility index (Phi) is 8.33. The second-order valence-electron chi connectivity index (χ2n) is 8.54. The molecule has 1 fully saturated rings. The van der Waals surface area contributed by atoms with Gasteiger partial charge in [-0.2, -0.15) is 0 Å². The third-order valence-corrected chi connectivity index (χ3v) is 6.02. The summed E-state index contributed by atoms with van der Waals surface area (Å²) in [6.45, 7) is 5.94. The van der Waals surface area contributed by atoms with Crippen molar-refractivity contribution in [2.24, 2.45) is 5.92 Å². The van der Waals surface area contributed by atoms with Gasteiger partial charge in [0.25, 0.3) is 5.91 Å². The molecule has 1 saturated heterocycles. The predicted octanol–water partition coefficient (Wildman–Crippen LogP) is 4.54. The van der Waals surface area contributed by atoms with Crippen molar-refractivity contribution in [2.45, 2.75) is 52.2 Å². The lowest BCUT2D eigenvalue weighted by Crippen LogP contribution is -2.40. The lowest BCUT2D eigenvalue weighted by atomic mass is 10.0. The Morgan fingerprint density at radius 1 is 1.19 bits per heavy atom. The van der Waals surface area contributed by atoms with E-state index in [2.05, 4.69) is 19.2 Å². The minimum Gasteiger partial charge on any atom is -0.459 e. The minimum absolute atomic E-state index is 0.000970. The van der Waals surface area contributed by atoms with Gasteiger partial charge < -0.3 is 24.3 Å². The first-order chi connectivity index (χ1) is 15.4. The first kappa shape index (κ1) is 23.9. The topological polar surface area (TPSA) is 75.0 Å². The van der Waals surface area contributed by atoms with Crippen molar-refractivity contribution < 1.29 is 18.7 Å². The number of nitrogens with one attached hydrogen (secondary N) is 1. The van der Waals surface area contributed by atoms with Gasteiger partial charge >= 0.3 is 0 Å². The molecule has 32 heavy (non-hydrogen) atoms. The molecule has 1 aliphatic heterocycles. The fraction of sp³-hybridized carbons (Fsp3) is 0.520. The molecule has 0 spiro atoms. The van der Waals surface area contributed by atoms with E-state index >= 15 is 0 Å². The molecule has 0 bridgehead atoms. The molecule has 0 aliphatic carbocycles. The third-order valence-electron chi connectivity index (χ3n) is 6.02. The van der Waals surface area contributed by atoms with Gasteiger partial charge in [-0.3, -0.25) is 9.59 Å². The number of hydrogen-bond acceptors (Lipinski definition) is 5. The highest BCUT2D eigenvalue weighted by molar-refractivity contribution is 6.02. The zero-order valence-corrected chi connectivity index (χ0v) is 19.6. The van der Waals surface area contributed by atoms with Gasteiger partial charge in [-0.05, 0) is 61.6 Å². The van der Waals surface area contributed by atoms with Crippen LogP contribution in [0, 0.1) is 5.92 Å². The number of furan rings is 1. The van der Waals surface area contributed by atoms with E-state index in [9.17, 15) is 9.59 Å².